The van der Waals surface area contributed by atoms with E-state index in [1.54, 1.807) is 0 Å². The van der Waals surface area contributed by atoms with Crippen molar-refractivity contribution in [2.45, 2.75) is 39.2 Å². The lowest BCUT2D eigenvalue weighted by Gasteiger charge is -2.16. The molecule has 3 heteroatoms. The number of benzene rings is 2. The molecule has 1 aromatic heterocycles. The van der Waals surface area contributed by atoms with Gasteiger partial charge in [0.05, 0.1) is 6.04 Å². The Hall–Kier alpha value is -2.55. The molecule has 1 atom stereocenters. The van der Waals surface area contributed by atoms with Gasteiger partial charge in [-0.2, -0.15) is 0 Å². The Balaban J connectivity index is 1.52. The first-order valence-corrected chi connectivity index (χ1v) is 8.55. The van der Waals surface area contributed by atoms with Crippen LogP contribution in [-0.4, -0.2) is 10.9 Å². The quantitative estimate of drug-likeness (QED) is 0.681. The van der Waals surface area contributed by atoms with Gasteiger partial charge in [0.15, 0.2) is 0 Å². The maximum atomic E-state index is 12.2. The van der Waals surface area contributed by atoms with Gasteiger partial charge in [0, 0.05) is 23.5 Å². The van der Waals surface area contributed by atoms with Crippen LogP contribution in [0.1, 0.15) is 42.5 Å². The second-order valence-corrected chi connectivity index (χ2v) is 6.36. The number of aromatic nitrogens is 1. The third-order valence-electron chi connectivity index (χ3n) is 4.56. The van der Waals surface area contributed by atoms with E-state index in [0.29, 0.717) is 6.42 Å². The molecule has 124 valence electrons. The van der Waals surface area contributed by atoms with E-state index in [2.05, 4.69) is 53.8 Å². The lowest BCUT2D eigenvalue weighted by Crippen LogP contribution is -2.26. The molecule has 0 saturated carbocycles. The number of carbonyl (C=O) groups excluding carboxylic acids is 1. The van der Waals surface area contributed by atoms with Gasteiger partial charge in [-0.25, -0.2) is 0 Å². The van der Waals surface area contributed by atoms with E-state index in [1.807, 2.05) is 25.1 Å². The largest absolute Gasteiger partial charge is 0.361 e. The Labute approximate surface area is 143 Å². The molecule has 0 aliphatic carbocycles. The van der Waals surface area contributed by atoms with E-state index < -0.39 is 0 Å². The number of hydrogen-bond acceptors (Lipinski definition) is 1. The highest BCUT2D eigenvalue weighted by Crippen LogP contribution is 2.20. The molecule has 24 heavy (non-hydrogen) atoms. The standard InChI is InChI=1S/C21H24N2O/c1-15-8-3-4-10-18(15)16(2)23-21(24)13-7-9-17-14-22-20-12-6-5-11-19(17)20/h3-6,8,10-12,14,16,22H,7,9,13H2,1-2H3,(H,23,24). The van der Waals surface area contributed by atoms with Crippen molar-refractivity contribution in [3.63, 3.8) is 0 Å². The molecular weight excluding hydrogens is 296 g/mol. The third-order valence-corrected chi connectivity index (χ3v) is 4.56. The first-order chi connectivity index (χ1) is 11.6. The van der Waals surface area contributed by atoms with Crippen LogP contribution in [0.4, 0.5) is 0 Å². The van der Waals surface area contributed by atoms with Crippen molar-refractivity contribution >= 4 is 16.8 Å². The topological polar surface area (TPSA) is 44.9 Å². The van der Waals surface area contributed by atoms with Gasteiger partial charge in [0.25, 0.3) is 0 Å². The molecule has 0 bridgehead atoms. The van der Waals surface area contributed by atoms with Gasteiger partial charge in [0.1, 0.15) is 0 Å². The number of nitrogens with one attached hydrogen (secondary N) is 2. The minimum Gasteiger partial charge on any atom is -0.361 e. The second-order valence-electron chi connectivity index (χ2n) is 6.36. The highest BCUT2D eigenvalue weighted by molar-refractivity contribution is 5.83. The lowest BCUT2D eigenvalue weighted by molar-refractivity contribution is -0.121. The molecule has 3 rings (SSSR count). The van der Waals surface area contributed by atoms with E-state index in [4.69, 9.17) is 0 Å². The number of carbonyl (C=O) groups is 1. The van der Waals surface area contributed by atoms with Gasteiger partial charge in [-0.15, -0.1) is 0 Å². The Kier molecular flexibility index (Phi) is 4.99. The molecule has 0 spiro atoms. The molecule has 1 unspecified atom stereocenters. The molecule has 3 nitrogen and oxygen atoms in total. The maximum absolute atomic E-state index is 12.2. The van der Waals surface area contributed by atoms with Gasteiger partial charge >= 0.3 is 0 Å². The Bertz CT molecular complexity index is 834. The van der Waals surface area contributed by atoms with E-state index >= 15 is 0 Å². The molecular formula is C21H24N2O. The van der Waals surface area contributed by atoms with Crippen LogP contribution in [0.15, 0.2) is 54.7 Å². The van der Waals surface area contributed by atoms with Crippen molar-refractivity contribution in [3.8, 4) is 0 Å². The van der Waals surface area contributed by atoms with Crippen molar-refractivity contribution in [1.82, 2.24) is 10.3 Å². The molecule has 1 heterocycles. The van der Waals surface area contributed by atoms with E-state index in [0.717, 1.165) is 18.4 Å². The predicted molar refractivity (Wildman–Crippen MR) is 99.0 cm³/mol. The van der Waals surface area contributed by atoms with Crippen LogP contribution >= 0.6 is 0 Å². The van der Waals surface area contributed by atoms with Crippen molar-refractivity contribution < 1.29 is 4.79 Å². The first-order valence-electron chi connectivity index (χ1n) is 8.55. The smallest absolute Gasteiger partial charge is 0.220 e. The van der Waals surface area contributed by atoms with Gasteiger partial charge in [-0.1, -0.05) is 42.5 Å². The minimum atomic E-state index is 0.0480. The highest BCUT2D eigenvalue weighted by Gasteiger charge is 2.11. The Morgan fingerprint density at radius 3 is 2.71 bits per heavy atom. The number of aryl methyl sites for hydroxylation is 2. The van der Waals surface area contributed by atoms with Gasteiger partial charge < -0.3 is 10.3 Å². The zero-order valence-corrected chi connectivity index (χ0v) is 14.3. The van der Waals surface area contributed by atoms with Crippen LogP contribution in [0.2, 0.25) is 0 Å². The number of rotatable bonds is 6. The molecule has 2 N–H and O–H groups in total. The first kappa shape index (κ1) is 16.3. The Morgan fingerprint density at radius 2 is 1.88 bits per heavy atom. The summed E-state index contributed by atoms with van der Waals surface area (Å²) in [4.78, 5) is 15.5. The molecule has 2 aromatic carbocycles. The number of hydrogen-bond donors (Lipinski definition) is 2. The average Bonchev–Trinajstić information content (AvgIpc) is 2.98. The van der Waals surface area contributed by atoms with Crippen molar-refractivity contribution in [2.24, 2.45) is 0 Å². The predicted octanol–water partition coefficient (Wildman–Crippen LogP) is 4.68. The van der Waals surface area contributed by atoms with Gasteiger partial charge in [0.2, 0.25) is 5.91 Å². The number of aromatic amines is 1. The summed E-state index contributed by atoms with van der Waals surface area (Å²) in [6.07, 6.45) is 4.37. The molecule has 0 aliphatic rings. The summed E-state index contributed by atoms with van der Waals surface area (Å²) >= 11 is 0. The van der Waals surface area contributed by atoms with E-state index in [9.17, 15) is 4.79 Å². The molecule has 1 amide bonds. The Morgan fingerprint density at radius 1 is 1.12 bits per heavy atom. The minimum absolute atomic E-state index is 0.0480. The third kappa shape index (κ3) is 3.67. The highest BCUT2D eigenvalue weighted by atomic mass is 16.1. The van der Waals surface area contributed by atoms with E-state index in [-0.39, 0.29) is 11.9 Å². The van der Waals surface area contributed by atoms with Gasteiger partial charge in [-0.3, -0.25) is 4.79 Å². The van der Waals surface area contributed by atoms with Crippen LogP contribution in [-0.2, 0) is 11.2 Å². The fraction of sp³-hybridized carbons (Fsp3) is 0.286. The zero-order chi connectivity index (χ0) is 16.9. The van der Waals surface area contributed by atoms with Gasteiger partial charge in [-0.05, 0) is 49.4 Å². The van der Waals surface area contributed by atoms with Crippen LogP contribution in [0, 0.1) is 6.92 Å². The number of H-pyrrole nitrogens is 1. The van der Waals surface area contributed by atoms with Crippen LogP contribution in [0.3, 0.4) is 0 Å². The average molecular weight is 320 g/mol. The molecule has 0 saturated heterocycles. The molecule has 3 aromatic rings. The van der Waals surface area contributed by atoms with E-state index in [1.165, 1.54) is 22.1 Å². The van der Waals surface area contributed by atoms with Crippen molar-refractivity contribution in [3.05, 3.63) is 71.4 Å². The zero-order valence-electron chi connectivity index (χ0n) is 14.3. The number of para-hydroxylation sites is 1. The summed E-state index contributed by atoms with van der Waals surface area (Å²) in [5.41, 5.74) is 4.84. The van der Waals surface area contributed by atoms with Crippen LogP contribution in [0.25, 0.3) is 10.9 Å². The number of fused-ring (bicyclic) bond motifs is 1. The normalized spacial score (nSPS) is 12.2. The summed E-state index contributed by atoms with van der Waals surface area (Å²) < 4.78 is 0. The molecule has 0 aliphatic heterocycles. The summed E-state index contributed by atoms with van der Waals surface area (Å²) in [6, 6.07) is 16.5. The fourth-order valence-corrected chi connectivity index (χ4v) is 3.24. The second kappa shape index (κ2) is 7.35. The maximum Gasteiger partial charge on any atom is 0.220 e. The van der Waals surface area contributed by atoms with Crippen molar-refractivity contribution in [1.29, 1.82) is 0 Å². The SMILES string of the molecule is Cc1ccccc1C(C)NC(=O)CCCc1c[nH]c2ccccc12. The lowest BCUT2D eigenvalue weighted by atomic mass is 10.0. The fourth-order valence-electron chi connectivity index (χ4n) is 3.24. The summed E-state index contributed by atoms with van der Waals surface area (Å²) in [5, 5.41) is 4.36. The van der Waals surface area contributed by atoms with Crippen LogP contribution in [0.5, 0.6) is 0 Å². The summed E-state index contributed by atoms with van der Waals surface area (Å²) in [6.45, 7) is 4.12. The summed E-state index contributed by atoms with van der Waals surface area (Å²) in [5.74, 6) is 0.116. The number of amides is 1. The molecule has 0 fully saturated rings. The molecule has 0 radical (unpaired) electrons. The van der Waals surface area contributed by atoms with Crippen molar-refractivity contribution in [2.75, 3.05) is 0 Å². The monoisotopic (exact) mass is 320 g/mol. The van der Waals surface area contributed by atoms with Crippen LogP contribution < -0.4 is 5.32 Å². The summed E-state index contributed by atoms with van der Waals surface area (Å²) in [7, 11) is 0.